The highest BCUT2D eigenvalue weighted by molar-refractivity contribution is 5.95. The summed E-state index contributed by atoms with van der Waals surface area (Å²) in [7, 11) is 0. The van der Waals surface area contributed by atoms with Crippen molar-refractivity contribution in [3.8, 4) is 11.1 Å². The number of hydrogen-bond acceptors (Lipinski definition) is 2. The third-order valence-corrected chi connectivity index (χ3v) is 3.28. The molecule has 3 heteroatoms. The number of hydrogen-bond donors (Lipinski definition) is 2. The molecule has 20 heavy (non-hydrogen) atoms. The normalized spacial score (nSPS) is 12.2. The number of nitrogens with two attached hydrogens (primary N) is 1. The molecule has 0 aromatic heterocycles. The Morgan fingerprint density at radius 3 is 2.05 bits per heavy atom. The lowest BCUT2D eigenvalue weighted by Gasteiger charge is -2.15. The van der Waals surface area contributed by atoms with Crippen molar-refractivity contribution < 1.29 is 4.79 Å². The average molecular weight is 268 g/mol. The quantitative estimate of drug-likeness (QED) is 0.894. The first-order chi connectivity index (χ1) is 9.58. The molecule has 0 bridgehead atoms. The van der Waals surface area contributed by atoms with Gasteiger partial charge in [-0.25, -0.2) is 0 Å². The summed E-state index contributed by atoms with van der Waals surface area (Å²) in [5.41, 5.74) is 8.86. The molecule has 0 fully saturated rings. The third-order valence-electron chi connectivity index (χ3n) is 3.28. The van der Waals surface area contributed by atoms with E-state index in [2.05, 4.69) is 17.4 Å². The molecule has 0 saturated heterocycles. The molecule has 0 radical (unpaired) electrons. The zero-order valence-corrected chi connectivity index (χ0v) is 11.8. The van der Waals surface area contributed by atoms with Crippen LogP contribution in [0.1, 0.15) is 13.8 Å². The molecule has 2 aromatic rings. The van der Waals surface area contributed by atoms with Gasteiger partial charge in [0.25, 0.3) is 0 Å². The fourth-order valence-corrected chi connectivity index (χ4v) is 1.90. The van der Waals surface area contributed by atoms with Crippen LogP contribution in [-0.4, -0.2) is 11.9 Å². The van der Waals surface area contributed by atoms with Crippen LogP contribution in [0.2, 0.25) is 0 Å². The Bertz CT molecular complexity index is 561. The van der Waals surface area contributed by atoms with E-state index in [-0.39, 0.29) is 11.8 Å². The van der Waals surface area contributed by atoms with Crippen LogP contribution in [0.25, 0.3) is 11.1 Å². The second-order valence-corrected chi connectivity index (χ2v) is 5.20. The third kappa shape index (κ3) is 3.45. The summed E-state index contributed by atoms with van der Waals surface area (Å²) >= 11 is 0. The molecular weight excluding hydrogens is 248 g/mol. The number of amides is 1. The van der Waals surface area contributed by atoms with Crippen molar-refractivity contribution >= 4 is 11.6 Å². The summed E-state index contributed by atoms with van der Waals surface area (Å²) in [5, 5.41) is 2.84. The molecule has 1 amide bonds. The van der Waals surface area contributed by atoms with Crippen molar-refractivity contribution in [2.24, 2.45) is 11.7 Å². The van der Waals surface area contributed by atoms with E-state index in [0.717, 1.165) is 16.8 Å². The lowest BCUT2D eigenvalue weighted by atomic mass is 10.0. The predicted molar refractivity (Wildman–Crippen MR) is 83.3 cm³/mol. The van der Waals surface area contributed by atoms with Crippen molar-refractivity contribution in [3.63, 3.8) is 0 Å². The van der Waals surface area contributed by atoms with Gasteiger partial charge in [0, 0.05) is 5.69 Å². The van der Waals surface area contributed by atoms with Gasteiger partial charge in [-0.05, 0) is 29.2 Å². The largest absolute Gasteiger partial charge is 0.325 e. The Labute approximate surface area is 119 Å². The molecule has 0 aliphatic rings. The Hall–Kier alpha value is -2.13. The zero-order valence-electron chi connectivity index (χ0n) is 11.8. The maximum atomic E-state index is 11.9. The van der Waals surface area contributed by atoms with Crippen LogP contribution in [0.5, 0.6) is 0 Å². The van der Waals surface area contributed by atoms with Gasteiger partial charge in [-0.2, -0.15) is 0 Å². The van der Waals surface area contributed by atoms with Gasteiger partial charge in [0.15, 0.2) is 0 Å². The van der Waals surface area contributed by atoms with Crippen LogP contribution >= 0.6 is 0 Å². The number of anilines is 1. The number of carbonyl (C=O) groups is 1. The number of nitrogens with one attached hydrogen (secondary N) is 1. The minimum Gasteiger partial charge on any atom is -0.325 e. The molecule has 104 valence electrons. The molecule has 0 aliphatic carbocycles. The van der Waals surface area contributed by atoms with Gasteiger partial charge in [-0.3, -0.25) is 4.79 Å². The van der Waals surface area contributed by atoms with Crippen LogP contribution in [-0.2, 0) is 4.79 Å². The van der Waals surface area contributed by atoms with E-state index in [4.69, 9.17) is 5.73 Å². The first-order valence-electron chi connectivity index (χ1n) is 6.80. The molecule has 2 aromatic carbocycles. The number of carbonyl (C=O) groups excluding carboxylic acids is 1. The first kappa shape index (κ1) is 14.3. The monoisotopic (exact) mass is 268 g/mol. The van der Waals surface area contributed by atoms with E-state index >= 15 is 0 Å². The van der Waals surface area contributed by atoms with E-state index < -0.39 is 6.04 Å². The van der Waals surface area contributed by atoms with Crippen LogP contribution in [0.4, 0.5) is 5.69 Å². The van der Waals surface area contributed by atoms with Gasteiger partial charge in [0.2, 0.25) is 5.91 Å². The molecule has 2 rings (SSSR count). The smallest absolute Gasteiger partial charge is 0.241 e. The molecule has 3 N–H and O–H groups in total. The predicted octanol–water partition coefficient (Wildman–Crippen LogP) is 3.28. The van der Waals surface area contributed by atoms with E-state index in [1.807, 2.05) is 56.3 Å². The van der Waals surface area contributed by atoms with Crippen LogP contribution in [0.3, 0.4) is 0 Å². The van der Waals surface area contributed by atoms with Gasteiger partial charge < -0.3 is 11.1 Å². The van der Waals surface area contributed by atoms with Crippen molar-refractivity contribution in [1.82, 2.24) is 0 Å². The van der Waals surface area contributed by atoms with Gasteiger partial charge in [-0.1, -0.05) is 56.3 Å². The van der Waals surface area contributed by atoms with E-state index in [0.29, 0.717) is 0 Å². The van der Waals surface area contributed by atoms with E-state index in [1.54, 1.807) is 0 Å². The molecule has 0 aliphatic heterocycles. The first-order valence-corrected chi connectivity index (χ1v) is 6.80. The summed E-state index contributed by atoms with van der Waals surface area (Å²) in [6, 6.07) is 17.4. The molecule has 0 spiro atoms. The summed E-state index contributed by atoms with van der Waals surface area (Å²) in [6.07, 6.45) is 0. The lowest BCUT2D eigenvalue weighted by Crippen LogP contribution is -2.39. The molecule has 3 nitrogen and oxygen atoms in total. The molecular formula is C17H20N2O. The van der Waals surface area contributed by atoms with E-state index in [9.17, 15) is 4.79 Å². The summed E-state index contributed by atoms with van der Waals surface area (Å²) in [6.45, 7) is 3.87. The summed E-state index contributed by atoms with van der Waals surface area (Å²) in [4.78, 5) is 11.9. The van der Waals surface area contributed by atoms with Crippen LogP contribution in [0, 0.1) is 5.92 Å². The summed E-state index contributed by atoms with van der Waals surface area (Å²) in [5.74, 6) is -0.0222. The van der Waals surface area contributed by atoms with Crippen LogP contribution < -0.4 is 11.1 Å². The Kier molecular flexibility index (Phi) is 4.53. The van der Waals surface area contributed by atoms with Crippen LogP contribution in [0.15, 0.2) is 54.6 Å². The number of benzene rings is 2. The minimum absolute atomic E-state index is 0.124. The van der Waals surface area contributed by atoms with Crippen molar-refractivity contribution in [3.05, 3.63) is 54.6 Å². The Balaban J connectivity index is 2.08. The topological polar surface area (TPSA) is 55.1 Å². The van der Waals surface area contributed by atoms with Gasteiger partial charge >= 0.3 is 0 Å². The van der Waals surface area contributed by atoms with E-state index in [1.165, 1.54) is 0 Å². The second kappa shape index (κ2) is 6.35. The van der Waals surface area contributed by atoms with Crippen molar-refractivity contribution in [1.29, 1.82) is 0 Å². The van der Waals surface area contributed by atoms with Gasteiger partial charge in [0.05, 0.1) is 6.04 Å². The SMILES string of the molecule is CC(C)[C@@H](N)C(=O)Nc1ccc(-c2ccccc2)cc1. The summed E-state index contributed by atoms with van der Waals surface area (Å²) < 4.78 is 0. The van der Waals surface area contributed by atoms with Gasteiger partial charge in [-0.15, -0.1) is 0 Å². The highest BCUT2D eigenvalue weighted by Gasteiger charge is 2.16. The average Bonchev–Trinajstić information content (AvgIpc) is 2.48. The second-order valence-electron chi connectivity index (χ2n) is 5.20. The standard InChI is InChI=1S/C17H20N2O/c1-12(2)16(18)17(20)19-15-10-8-14(9-11-15)13-6-4-3-5-7-13/h3-12,16H,18H2,1-2H3,(H,19,20)/t16-/m1/s1. The maximum absolute atomic E-state index is 11.9. The Morgan fingerprint density at radius 1 is 0.950 bits per heavy atom. The fraction of sp³-hybridized carbons (Fsp3) is 0.235. The highest BCUT2D eigenvalue weighted by Crippen LogP contribution is 2.21. The minimum atomic E-state index is -0.483. The van der Waals surface area contributed by atoms with Gasteiger partial charge in [0.1, 0.15) is 0 Å². The van der Waals surface area contributed by atoms with Crippen molar-refractivity contribution in [2.45, 2.75) is 19.9 Å². The van der Waals surface area contributed by atoms with Crippen molar-refractivity contribution in [2.75, 3.05) is 5.32 Å². The maximum Gasteiger partial charge on any atom is 0.241 e. The zero-order chi connectivity index (χ0) is 14.5. The number of rotatable bonds is 4. The molecule has 0 unspecified atom stereocenters. The molecule has 0 saturated carbocycles. The fourth-order valence-electron chi connectivity index (χ4n) is 1.90. The lowest BCUT2D eigenvalue weighted by molar-refractivity contribution is -0.118. The molecule has 0 heterocycles. The highest BCUT2D eigenvalue weighted by atomic mass is 16.2. The molecule has 1 atom stereocenters. The Morgan fingerprint density at radius 2 is 1.50 bits per heavy atom.